The Labute approximate surface area is 644 Å². The van der Waals surface area contributed by atoms with Crippen molar-refractivity contribution >= 4 is 76.7 Å². The molecule has 0 saturated carbocycles. The van der Waals surface area contributed by atoms with Gasteiger partial charge in [0.25, 0.3) is 22.9 Å². The maximum Gasteiger partial charge on any atom is 0.295 e. The van der Waals surface area contributed by atoms with Gasteiger partial charge in [-0.25, -0.2) is 18.3 Å². The molecule has 109 heavy (non-hydrogen) atoms. The first-order valence-corrected chi connectivity index (χ1v) is 39.2. The third-order valence-corrected chi connectivity index (χ3v) is 26.1. The van der Waals surface area contributed by atoms with E-state index in [1.54, 1.807) is 0 Å². The Kier molecular flexibility index (Phi) is 17.6. The van der Waals surface area contributed by atoms with Gasteiger partial charge in [-0.3, -0.25) is 0 Å². The van der Waals surface area contributed by atoms with E-state index in [1.807, 2.05) is 0 Å². The van der Waals surface area contributed by atoms with Crippen molar-refractivity contribution in [1.29, 1.82) is 0 Å². The summed E-state index contributed by atoms with van der Waals surface area (Å²) in [5, 5.41) is 8.17. The zero-order valence-corrected chi connectivity index (χ0v) is 67.9. The van der Waals surface area contributed by atoms with E-state index in [1.165, 1.54) is 184 Å². The van der Waals surface area contributed by atoms with Crippen molar-refractivity contribution in [2.24, 2.45) is 28.2 Å². The van der Waals surface area contributed by atoms with Gasteiger partial charge in [-0.05, 0) is 110 Å². The maximum absolute atomic E-state index is 2.59. The quantitative estimate of drug-likeness (QED) is 0.113. The van der Waals surface area contributed by atoms with Crippen LogP contribution in [0.25, 0.3) is 122 Å². The van der Waals surface area contributed by atoms with Crippen molar-refractivity contribution in [3.63, 3.8) is 0 Å². The monoisotopic (exact) mass is 1430 g/mol. The van der Waals surface area contributed by atoms with Crippen LogP contribution >= 0.6 is 0 Å². The first-order valence-electron chi connectivity index (χ1n) is 39.2. The molecule has 0 saturated heterocycles. The minimum atomic E-state index is -0.0556. The maximum atomic E-state index is 2.59. The lowest BCUT2D eigenvalue weighted by Gasteiger charge is -2.43. The minimum Gasteiger partial charge on any atom is -0.229 e. The molecule has 17 aromatic rings. The van der Waals surface area contributed by atoms with Crippen molar-refractivity contribution < 1.29 is 18.1 Å². The standard InChI is InChI=1S/C29H29N2.C27H31N2.C24H27N2.C21H19N2/c1-18-12-10-15-20-21-16-11-17-22-25(21)31-26(29(4,5)28(22,2)3)24(19-13-8-7-9-14-19)30(6)27(31)23(18)20;1-18(2)21-14-11-15-22(19(3)4)26(21)29-25-17-10-9-16-24(25)28(6)27(29)23-13-8-7-12-20(23)5;1-14-10-8-11-16-17-12-9-13-18-20(17)26-21(24(5,6)23(18,3)4)15(2)25(7)22(26)19(14)16;1-16-10-6-7-13-18(16)21-22(2)19-14-8-9-15-20(19)23(21)17-11-4-3-5-12-17/h7-17H,1-6H3;7-19H,1-6H3;8-13H,1-7H3;3-15H,1-2H3/q4*+1. The molecule has 0 spiro atoms. The van der Waals surface area contributed by atoms with Crippen LogP contribution in [0.15, 0.2) is 249 Å². The highest BCUT2D eigenvalue weighted by molar-refractivity contribution is 6.14. The Morgan fingerprint density at radius 1 is 0.367 bits per heavy atom. The molecule has 6 aromatic heterocycles. The molecule has 8 nitrogen and oxygen atoms in total. The SMILES string of the molecule is Cc1cccc2c3cccc4c3[n+]3c(c(C)n(C)c3c12)C(C)(C)C4(C)C.Cc1cccc2c3cccc4c3n3c(c(-c5ccccc5)[n+](C)c3c12)C(C)(C)C4(C)C.Cc1ccccc1-c1n(-c2c(C(C)C)cccc2C(C)C)c2ccccc2[n+]1C.Cc1ccccc1-c1n(-c2ccccc2)c2ccccc2[n+]1C. The molecule has 8 heterocycles. The second-order valence-corrected chi connectivity index (χ2v) is 33.8. The molecule has 11 aromatic carbocycles. The smallest absolute Gasteiger partial charge is 0.229 e. The van der Waals surface area contributed by atoms with Crippen LogP contribution in [0.4, 0.5) is 0 Å². The number of para-hydroxylation sites is 8. The summed E-state index contributed by atoms with van der Waals surface area (Å²) in [6, 6.07) is 90.1. The van der Waals surface area contributed by atoms with Crippen LogP contribution in [0.5, 0.6) is 0 Å². The predicted molar refractivity (Wildman–Crippen MR) is 456 cm³/mol. The first-order chi connectivity index (χ1) is 52.1. The van der Waals surface area contributed by atoms with Crippen LogP contribution in [0.3, 0.4) is 0 Å². The van der Waals surface area contributed by atoms with Gasteiger partial charge in [0, 0.05) is 77.9 Å². The Morgan fingerprint density at radius 3 is 1.36 bits per heavy atom. The highest BCUT2D eigenvalue weighted by Crippen LogP contribution is 2.54. The van der Waals surface area contributed by atoms with Crippen molar-refractivity contribution in [3.8, 4) is 45.4 Å². The van der Waals surface area contributed by atoms with Gasteiger partial charge in [0.05, 0.1) is 50.1 Å². The molecule has 0 bridgehead atoms. The van der Waals surface area contributed by atoms with E-state index in [0.717, 1.165) is 0 Å². The zero-order valence-electron chi connectivity index (χ0n) is 67.9. The molecule has 8 heteroatoms. The lowest BCUT2D eigenvalue weighted by Crippen LogP contribution is -2.51. The van der Waals surface area contributed by atoms with E-state index in [2.05, 4.69) is 431 Å². The van der Waals surface area contributed by atoms with E-state index in [9.17, 15) is 0 Å². The normalized spacial score (nSPS) is 14.4. The Balaban J connectivity index is 0.000000111. The molecule has 2 aliphatic rings. The summed E-state index contributed by atoms with van der Waals surface area (Å²) >= 11 is 0. The van der Waals surface area contributed by atoms with Gasteiger partial charge in [0.15, 0.2) is 39.1 Å². The summed E-state index contributed by atoms with van der Waals surface area (Å²) in [5.74, 6) is 3.33. The van der Waals surface area contributed by atoms with E-state index in [0.29, 0.717) is 11.8 Å². The lowest BCUT2D eigenvalue weighted by atomic mass is 9.60. The number of hydrogen-bond donors (Lipinski definition) is 0. The largest absolute Gasteiger partial charge is 0.295 e. The van der Waals surface area contributed by atoms with Gasteiger partial charge >= 0.3 is 0 Å². The third-order valence-electron chi connectivity index (χ3n) is 26.1. The molecule has 0 fully saturated rings. The van der Waals surface area contributed by atoms with Crippen molar-refractivity contribution in [1.82, 2.24) is 18.1 Å². The van der Waals surface area contributed by atoms with Crippen LogP contribution in [0, 0.1) is 34.6 Å². The zero-order chi connectivity index (χ0) is 76.8. The molecule has 0 amide bonds. The number of pyridine rings is 2. The fraction of sp³-hybridized carbons (Fsp3) is 0.267. The highest BCUT2D eigenvalue weighted by Gasteiger charge is 2.54. The number of nitrogens with zero attached hydrogens (tertiary/aromatic N) is 8. The number of fused-ring (bicyclic) bond motifs is 8. The van der Waals surface area contributed by atoms with Crippen molar-refractivity contribution in [2.75, 3.05) is 0 Å². The van der Waals surface area contributed by atoms with Crippen LogP contribution in [0.2, 0.25) is 0 Å². The Morgan fingerprint density at radius 2 is 0.798 bits per heavy atom. The third kappa shape index (κ3) is 10.7. The molecule has 0 N–H and O–H groups in total. The van der Waals surface area contributed by atoms with E-state index in [4.69, 9.17) is 0 Å². The average Bonchev–Trinajstić information content (AvgIpc) is 1.56. The minimum absolute atomic E-state index is 0.0121. The second-order valence-electron chi connectivity index (χ2n) is 33.8. The van der Waals surface area contributed by atoms with Gasteiger partial charge in [0.1, 0.15) is 28.1 Å². The van der Waals surface area contributed by atoms with Crippen LogP contribution in [0.1, 0.15) is 157 Å². The first kappa shape index (κ1) is 72.0. The van der Waals surface area contributed by atoms with Crippen LogP contribution in [-0.4, -0.2) is 18.1 Å². The second kappa shape index (κ2) is 26.6. The number of imidazole rings is 4. The number of benzene rings is 11. The number of rotatable bonds is 7. The van der Waals surface area contributed by atoms with Gasteiger partial charge in [-0.15, -0.1) is 0 Å². The lowest BCUT2D eigenvalue weighted by molar-refractivity contribution is -0.634. The van der Waals surface area contributed by atoms with Crippen LogP contribution < -0.4 is 18.1 Å². The fourth-order valence-corrected chi connectivity index (χ4v) is 19.0. The summed E-state index contributed by atoms with van der Waals surface area (Å²) in [5.41, 5.74) is 33.2. The van der Waals surface area contributed by atoms with Gasteiger partial charge in [0.2, 0.25) is 0 Å². The van der Waals surface area contributed by atoms with E-state index < -0.39 is 0 Å². The molecule has 546 valence electrons. The van der Waals surface area contributed by atoms with E-state index >= 15 is 0 Å². The van der Waals surface area contributed by atoms with Crippen molar-refractivity contribution in [3.05, 3.63) is 310 Å². The van der Waals surface area contributed by atoms with Crippen LogP contribution in [-0.2, 0) is 49.9 Å². The Hall–Kier alpha value is -11.2. The molecule has 2 aliphatic heterocycles. The molecule has 0 radical (unpaired) electrons. The summed E-state index contributed by atoms with van der Waals surface area (Å²) in [7, 11) is 8.80. The van der Waals surface area contributed by atoms with Crippen molar-refractivity contribution in [2.45, 2.75) is 151 Å². The number of hydrogen-bond acceptors (Lipinski definition) is 0. The summed E-state index contributed by atoms with van der Waals surface area (Å²) in [4.78, 5) is 0. The predicted octanol–water partition coefficient (Wildman–Crippen LogP) is 23.0. The topological polar surface area (TPSA) is 34.9 Å². The fourth-order valence-electron chi connectivity index (χ4n) is 19.0. The molecular formula is C101H106N8+4. The van der Waals surface area contributed by atoms with Gasteiger partial charge in [-0.2, -0.15) is 17.9 Å². The Bertz CT molecular complexity index is 6490. The highest BCUT2D eigenvalue weighted by atomic mass is 15.2. The molecular weight excluding hydrogens is 1330 g/mol. The van der Waals surface area contributed by atoms with Gasteiger partial charge < -0.3 is 0 Å². The summed E-state index contributed by atoms with van der Waals surface area (Å²) in [6.45, 7) is 39.6. The summed E-state index contributed by atoms with van der Waals surface area (Å²) < 4.78 is 19.5. The molecule has 19 rings (SSSR count). The number of aryl methyl sites for hydroxylation is 8. The molecule has 0 atom stereocenters. The average molecular weight is 1430 g/mol. The molecule has 0 unspecified atom stereocenters. The van der Waals surface area contributed by atoms with E-state index in [-0.39, 0.29) is 21.7 Å². The number of aromatic nitrogens is 8. The summed E-state index contributed by atoms with van der Waals surface area (Å²) in [6.07, 6.45) is 0. The van der Waals surface area contributed by atoms with Gasteiger partial charge in [-0.1, -0.05) is 283 Å². The molecule has 0 aliphatic carbocycles.